The van der Waals surface area contributed by atoms with Crippen LogP contribution in [0.25, 0.3) is 0 Å². The number of hydrogen-bond donors (Lipinski definition) is 1. The zero-order valence-electron chi connectivity index (χ0n) is 14.7. The molecule has 0 spiro atoms. The van der Waals surface area contributed by atoms with E-state index in [-0.39, 0.29) is 0 Å². The number of halogens is 4. The first-order valence-electron chi connectivity index (χ1n) is 9.27. The average Bonchev–Trinajstić information content (AvgIpc) is 3.03. The van der Waals surface area contributed by atoms with Crippen LogP contribution in [0.4, 0.5) is 0 Å². The number of fused-ring (bicyclic) bond motifs is 2. The summed E-state index contributed by atoms with van der Waals surface area (Å²) in [6, 6.07) is 12.5. The zero-order valence-corrected chi connectivity index (χ0v) is 17.8. The minimum Gasteiger partial charge on any atom is -0.493 e. The third kappa shape index (κ3) is 4.52. The third-order valence-corrected chi connectivity index (χ3v) is 7.28. The summed E-state index contributed by atoms with van der Waals surface area (Å²) in [4.78, 5) is 0. The van der Waals surface area contributed by atoms with E-state index in [4.69, 9.17) is 51.1 Å². The molecule has 4 rings (SSSR count). The Hall–Kier alpha value is -0.640. The maximum atomic E-state index is 6.21. The van der Waals surface area contributed by atoms with Gasteiger partial charge in [-0.3, -0.25) is 0 Å². The molecule has 1 N–H and O–H groups in total. The van der Waals surface area contributed by atoms with Crippen molar-refractivity contribution in [3.05, 3.63) is 62.1 Å². The van der Waals surface area contributed by atoms with Gasteiger partial charge < -0.3 is 10.1 Å². The maximum absolute atomic E-state index is 6.21. The van der Waals surface area contributed by atoms with Crippen LogP contribution in [0.5, 0.6) is 5.75 Å². The normalized spacial score (nSPS) is 27.0. The van der Waals surface area contributed by atoms with Gasteiger partial charge in [0, 0.05) is 24.1 Å². The first-order chi connectivity index (χ1) is 13.0. The Morgan fingerprint density at radius 1 is 0.889 bits per heavy atom. The lowest BCUT2D eigenvalue weighted by molar-refractivity contribution is 0.122. The molecule has 2 nitrogen and oxygen atoms in total. The Balaban J connectivity index is 1.48. The van der Waals surface area contributed by atoms with E-state index in [1.165, 1.54) is 18.4 Å². The molecule has 2 aliphatic heterocycles. The molecule has 2 heterocycles. The standard InChI is InChI=1S/C21H21Cl4NO/c22-17-4-1-12(8-19(17)24)7-13-9-14-2-6-21(26-14)16(13)11-27-15-3-5-18(23)20(25)10-15/h1,3-5,8,10,13-14,16,21,26H,2,6-7,9,11H2. The van der Waals surface area contributed by atoms with Crippen molar-refractivity contribution in [3.8, 4) is 5.75 Å². The molecule has 0 amide bonds. The molecular weight excluding hydrogens is 424 g/mol. The van der Waals surface area contributed by atoms with Gasteiger partial charge in [0.2, 0.25) is 0 Å². The summed E-state index contributed by atoms with van der Waals surface area (Å²) in [7, 11) is 0. The van der Waals surface area contributed by atoms with Crippen LogP contribution in [0.2, 0.25) is 20.1 Å². The lowest BCUT2D eigenvalue weighted by Crippen LogP contribution is -2.48. The lowest BCUT2D eigenvalue weighted by atomic mass is 9.78. The van der Waals surface area contributed by atoms with Crippen molar-refractivity contribution in [2.75, 3.05) is 6.61 Å². The Kier molecular flexibility index (Phi) is 6.11. The topological polar surface area (TPSA) is 21.3 Å². The molecule has 27 heavy (non-hydrogen) atoms. The van der Waals surface area contributed by atoms with E-state index in [0.717, 1.165) is 18.6 Å². The average molecular weight is 445 g/mol. The van der Waals surface area contributed by atoms with Crippen LogP contribution >= 0.6 is 46.4 Å². The van der Waals surface area contributed by atoms with Gasteiger partial charge in [0.25, 0.3) is 0 Å². The van der Waals surface area contributed by atoms with E-state index >= 15 is 0 Å². The summed E-state index contributed by atoms with van der Waals surface area (Å²) in [5.41, 5.74) is 1.23. The summed E-state index contributed by atoms with van der Waals surface area (Å²) in [6.45, 7) is 0.661. The highest BCUT2D eigenvalue weighted by Gasteiger charge is 2.41. The fourth-order valence-corrected chi connectivity index (χ4v) is 5.07. The van der Waals surface area contributed by atoms with E-state index in [2.05, 4.69) is 11.4 Å². The van der Waals surface area contributed by atoms with Crippen LogP contribution in [-0.2, 0) is 6.42 Å². The molecule has 0 saturated carbocycles. The molecule has 0 aromatic heterocycles. The van der Waals surface area contributed by atoms with Crippen molar-refractivity contribution >= 4 is 46.4 Å². The summed E-state index contributed by atoms with van der Waals surface area (Å²) in [5, 5.41) is 6.04. The van der Waals surface area contributed by atoms with Crippen LogP contribution in [0.3, 0.4) is 0 Å². The number of hydrogen-bond acceptors (Lipinski definition) is 2. The lowest BCUT2D eigenvalue weighted by Gasteiger charge is -2.37. The highest BCUT2D eigenvalue weighted by atomic mass is 35.5. The minimum atomic E-state index is 0.438. The van der Waals surface area contributed by atoms with E-state index in [1.54, 1.807) is 12.1 Å². The summed E-state index contributed by atoms with van der Waals surface area (Å²) >= 11 is 24.4. The predicted octanol–water partition coefficient (Wildman–Crippen LogP) is 6.68. The summed E-state index contributed by atoms with van der Waals surface area (Å²) in [5.74, 6) is 1.74. The molecular formula is C21H21Cl4NO. The van der Waals surface area contributed by atoms with Crippen LogP contribution < -0.4 is 10.1 Å². The van der Waals surface area contributed by atoms with Gasteiger partial charge in [-0.1, -0.05) is 52.5 Å². The predicted molar refractivity (Wildman–Crippen MR) is 114 cm³/mol. The minimum absolute atomic E-state index is 0.438. The van der Waals surface area contributed by atoms with Crippen molar-refractivity contribution < 1.29 is 4.74 Å². The molecule has 144 valence electrons. The fourth-order valence-electron chi connectivity index (χ4n) is 4.46. The number of rotatable bonds is 5. The van der Waals surface area contributed by atoms with Crippen molar-refractivity contribution in [2.45, 2.75) is 37.8 Å². The van der Waals surface area contributed by atoms with Gasteiger partial charge >= 0.3 is 0 Å². The molecule has 4 atom stereocenters. The van der Waals surface area contributed by atoms with Crippen molar-refractivity contribution in [1.29, 1.82) is 0 Å². The van der Waals surface area contributed by atoms with Crippen molar-refractivity contribution in [3.63, 3.8) is 0 Å². The van der Waals surface area contributed by atoms with Crippen molar-refractivity contribution in [2.24, 2.45) is 11.8 Å². The van der Waals surface area contributed by atoms with Gasteiger partial charge in [-0.15, -0.1) is 0 Å². The molecule has 2 aromatic rings. The van der Waals surface area contributed by atoms with E-state index in [1.807, 2.05) is 18.2 Å². The second kappa shape index (κ2) is 8.39. The maximum Gasteiger partial charge on any atom is 0.120 e. The van der Waals surface area contributed by atoms with Gasteiger partial charge in [0.15, 0.2) is 0 Å². The highest BCUT2D eigenvalue weighted by Crippen LogP contribution is 2.39. The Morgan fingerprint density at radius 2 is 1.63 bits per heavy atom. The molecule has 0 radical (unpaired) electrons. The quantitative estimate of drug-likeness (QED) is 0.555. The third-order valence-electron chi connectivity index (χ3n) is 5.80. The van der Waals surface area contributed by atoms with Gasteiger partial charge in [-0.25, -0.2) is 0 Å². The fraction of sp³-hybridized carbons (Fsp3) is 0.429. The van der Waals surface area contributed by atoms with Gasteiger partial charge in [-0.05, 0) is 61.4 Å². The Labute approximate surface area is 180 Å². The van der Waals surface area contributed by atoms with E-state index in [9.17, 15) is 0 Å². The van der Waals surface area contributed by atoms with Crippen molar-refractivity contribution in [1.82, 2.24) is 5.32 Å². The first kappa shape index (κ1) is 19.7. The Morgan fingerprint density at radius 3 is 2.37 bits per heavy atom. The molecule has 2 aliphatic rings. The molecule has 0 aliphatic carbocycles. The van der Waals surface area contributed by atoms with Crippen LogP contribution in [0.15, 0.2) is 36.4 Å². The van der Waals surface area contributed by atoms with E-state index < -0.39 is 0 Å². The number of piperidine rings is 1. The molecule has 2 bridgehead atoms. The molecule has 2 aromatic carbocycles. The molecule has 6 heteroatoms. The summed E-state index contributed by atoms with van der Waals surface area (Å²) < 4.78 is 6.11. The SMILES string of the molecule is Clc1ccc(CC2CC3CCC(N3)C2COc2ccc(Cl)c(Cl)c2)cc1Cl. The number of benzene rings is 2. The van der Waals surface area contributed by atoms with E-state index in [0.29, 0.717) is 50.6 Å². The van der Waals surface area contributed by atoms with Crippen LogP contribution in [0, 0.1) is 11.8 Å². The second-order valence-corrected chi connectivity index (χ2v) is 9.18. The molecule has 4 unspecified atom stereocenters. The van der Waals surface area contributed by atoms with Gasteiger partial charge in [0.05, 0.1) is 26.7 Å². The number of nitrogens with one attached hydrogen (secondary N) is 1. The highest BCUT2D eigenvalue weighted by molar-refractivity contribution is 6.42. The Bertz CT molecular complexity index is 828. The number of ether oxygens (including phenoxy) is 1. The first-order valence-corrected chi connectivity index (χ1v) is 10.8. The monoisotopic (exact) mass is 443 g/mol. The largest absolute Gasteiger partial charge is 0.493 e. The summed E-state index contributed by atoms with van der Waals surface area (Å²) in [6.07, 6.45) is 4.59. The second-order valence-electron chi connectivity index (χ2n) is 7.55. The van der Waals surface area contributed by atoms with Crippen LogP contribution in [-0.4, -0.2) is 18.7 Å². The molecule has 2 saturated heterocycles. The smallest absolute Gasteiger partial charge is 0.120 e. The molecule has 2 fully saturated rings. The van der Waals surface area contributed by atoms with Gasteiger partial charge in [0.1, 0.15) is 5.75 Å². The zero-order chi connectivity index (χ0) is 19.0. The van der Waals surface area contributed by atoms with Crippen LogP contribution in [0.1, 0.15) is 24.8 Å². The van der Waals surface area contributed by atoms with Gasteiger partial charge in [-0.2, -0.15) is 0 Å².